The van der Waals surface area contributed by atoms with Crippen molar-refractivity contribution in [2.75, 3.05) is 10.6 Å². The normalized spacial score (nSPS) is 10.7. The molecule has 0 bridgehead atoms. The minimum absolute atomic E-state index is 0.0639. The number of nitrogens with one attached hydrogen (secondary N) is 2. The number of carbonyl (C=O) groups excluding carboxylic acids is 3. The third-order valence-corrected chi connectivity index (χ3v) is 7.47. The van der Waals surface area contributed by atoms with Crippen LogP contribution < -0.4 is 10.6 Å². The molecule has 2 amide bonds. The topological polar surface area (TPSA) is 121 Å². The summed E-state index contributed by atoms with van der Waals surface area (Å²) < 4.78 is 0. The van der Waals surface area contributed by atoms with Crippen molar-refractivity contribution in [1.82, 2.24) is 10.2 Å². The van der Waals surface area contributed by atoms with Crippen LogP contribution in [0.5, 0.6) is 5.75 Å². The minimum atomic E-state index is -0.480. The summed E-state index contributed by atoms with van der Waals surface area (Å²) >= 11 is 18.9. The summed E-state index contributed by atoms with van der Waals surface area (Å²) in [5.41, 5.74) is 1.93. The fourth-order valence-electron chi connectivity index (χ4n) is 3.80. The maximum atomic E-state index is 13.0. The van der Waals surface area contributed by atoms with E-state index in [-0.39, 0.29) is 38.4 Å². The Morgan fingerprint density at radius 3 is 2.00 bits per heavy atom. The van der Waals surface area contributed by atoms with E-state index in [2.05, 4.69) is 20.8 Å². The van der Waals surface area contributed by atoms with Crippen LogP contribution in [0.4, 0.5) is 10.8 Å². The molecule has 0 unspecified atom stereocenters. The fourth-order valence-corrected chi connectivity index (χ4v) is 5.17. The van der Waals surface area contributed by atoms with Crippen LogP contribution >= 0.6 is 46.1 Å². The molecule has 3 N–H and O–H groups in total. The molecule has 12 heteroatoms. The van der Waals surface area contributed by atoms with Crippen LogP contribution in [0.1, 0.15) is 36.6 Å². The van der Waals surface area contributed by atoms with Crippen molar-refractivity contribution in [3.05, 3.63) is 122 Å². The zero-order valence-corrected chi connectivity index (χ0v) is 23.8. The van der Waals surface area contributed by atoms with Gasteiger partial charge < -0.3 is 10.4 Å². The molecular weight excluding hydrogens is 607 g/mol. The number of anilines is 2. The molecule has 5 aromatic rings. The van der Waals surface area contributed by atoms with E-state index in [1.807, 2.05) is 0 Å². The fraction of sp³-hybridized carbons (Fsp3) is 0. The van der Waals surface area contributed by atoms with Crippen LogP contribution in [-0.2, 0) is 0 Å². The van der Waals surface area contributed by atoms with Crippen molar-refractivity contribution >= 4 is 74.6 Å². The number of phenols is 1. The Labute approximate surface area is 252 Å². The number of rotatable bonds is 7. The summed E-state index contributed by atoms with van der Waals surface area (Å²) in [6, 6.07) is 22.0. The number of amides is 2. The molecule has 204 valence electrons. The van der Waals surface area contributed by atoms with Gasteiger partial charge in [0.15, 0.2) is 10.8 Å². The molecule has 0 aliphatic rings. The monoisotopic (exact) mass is 622 g/mol. The van der Waals surface area contributed by atoms with Crippen LogP contribution in [0.2, 0.25) is 15.1 Å². The SMILES string of the molecule is O=C(Nc1nnc(-c2cc(Cl)cc(Cl)c2O)s1)c1ccc(C(=O)Nc2ccccc2C(=O)c2ccc(Cl)cc2)cc1. The maximum Gasteiger partial charge on any atom is 0.257 e. The molecule has 4 aromatic carbocycles. The summed E-state index contributed by atoms with van der Waals surface area (Å²) in [5, 5.41) is 24.9. The van der Waals surface area contributed by atoms with Crippen molar-refractivity contribution in [3.63, 3.8) is 0 Å². The maximum absolute atomic E-state index is 13.0. The van der Waals surface area contributed by atoms with Crippen LogP contribution in [0.3, 0.4) is 0 Å². The van der Waals surface area contributed by atoms with Crippen molar-refractivity contribution < 1.29 is 19.5 Å². The molecule has 5 rings (SSSR count). The second-order valence-electron chi connectivity index (χ2n) is 8.56. The van der Waals surface area contributed by atoms with E-state index in [4.69, 9.17) is 34.8 Å². The number of aromatic hydroxyl groups is 1. The van der Waals surface area contributed by atoms with Crippen molar-refractivity contribution in [3.8, 4) is 16.3 Å². The number of benzene rings is 4. The lowest BCUT2D eigenvalue weighted by Gasteiger charge is -2.11. The summed E-state index contributed by atoms with van der Waals surface area (Å²) in [4.78, 5) is 38.8. The van der Waals surface area contributed by atoms with Crippen molar-refractivity contribution in [2.24, 2.45) is 0 Å². The first-order valence-corrected chi connectivity index (χ1v) is 13.8. The van der Waals surface area contributed by atoms with E-state index >= 15 is 0 Å². The van der Waals surface area contributed by atoms with E-state index in [9.17, 15) is 19.5 Å². The third kappa shape index (κ3) is 6.39. The van der Waals surface area contributed by atoms with Crippen molar-refractivity contribution in [1.29, 1.82) is 0 Å². The standard InChI is InChI=1S/C29H17Cl3N4O4S/c30-18-11-9-15(10-12-18)24(37)20-3-1-2-4-23(20)33-26(39)16-5-7-17(8-6-16)27(40)34-29-36-35-28(41-29)21-13-19(31)14-22(32)25(21)38/h1-14,38H,(H,33,39)(H,34,36,40). The first-order valence-electron chi connectivity index (χ1n) is 11.8. The highest BCUT2D eigenvalue weighted by Gasteiger charge is 2.18. The Hall–Kier alpha value is -4.28. The molecule has 0 aliphatic heterocycles. The van der Waals surface area contributed by atoms with Gasteiger partial charge in [-0.05, 0) is 72.8 Å². The van der Waals surface area contributed by atoms with E-state index in [0.717, 1.165) is 11.3 Å². The zero-order valence-electron chi connectivity index (χ0n) is 20.7. The second-order valence-corrected chi connectivity index (χ2v) is 10.8. The van der Waals surface area contributed by atoms with Gasteiger partial charge >= 0.3 is 0 Å². The smallest absolute Gasteiger partial charge is 0.257 e. The number of hydrogen-bond donors (Lipinski definition) is 3. The van der Waals surface area contributed by atoms with Gasteiger partial charge in [-0.1, -0.05) is 58.3 Å². The summed E-state index contributed by atoms with van der Waals surface area (Å²) in [5.74, 6) is -1.40. The van der Waals surface area contributed by atoms with Crippen LogP contribution in [0.15, 0.2) is 84.9 Å². The van der Waals surface area contributed by atoms with Gasteiger partial charge in [0.25, 0.3) is 11.8 Å². The molecule has 0 saturated heterocycles. The quantitative estimate of drug-likeness (QED) is 0.161. The van der Waals surface area contributed by atoms with Gasteiger partial charge in [0.2, 0.25) is 5.13 Å². The molecule has 1 aromatic heterocycles. The second kappa shape index (κ2) is 12.1. The van der Waals surface area contributed by atoms with Gasteiger partial charge in [-0.2, -0.15) is 0 Å². The highest BCUT2D eigenvalue weighted by Crippen LogP contribution is 2.39. The zero-order chi connectivity index (χ0) is 29.1. The first-order chi connectivity index (χ1) is 19.7. The van der Waals surface area contributed by atoms with Crippen LogP contribution in [0, 0.1) is 0 Å². The minimum Gasteiger partial charge on any atom is -0.506 e. The van der Waals surface area contributed by atoms with Crippen LogP contribution in [-0.4, -0.2) is 32.9 Å². The number of nitrogens with zero attached hydrogens (tertiary/aromatic N) is 2. The molecular formula is C29H17Cl3N4O4S. The molecule has 0 fully saturated rings. The van der Waals surface area contributed by atoms with Gasteiger partial charge in [-0.3, -0.25) is 19.7 Å². The van der Waals surface area contributed by atoms with Crippen LogP contribution in [0.25, 0.3) is 10.6 Å². The number of ketones is 1. The molecule has 0 radical (unpaired) electrons. The lowest BCUT2D eigenvalue weighted by molar-refractivity contribution is 0.101. The summed E-state index contributed by atoms with van der Waals surface area (Å²) in [6.07, 6.45) is 0. The summed E-state index contributed by atoms with van der Waals surface area (Å²) in [6.45, 7) is 0. The van der Waals surface area contributed by atoms with E-state index in [0.29, 0.717) is 31.9 Å². The molecule has 1 heterocycles. The number of aromatic nitrogens is 2. The molecule has 0 saturated carbocycles. The average Bonchev–Trinajstić information content (AvgIpc) is 3.43. The number of carbonyl (C=O) groups is 3. The Kier molecular flexibility index (Phi) is 8.32. The number of para-hydroxylation sites is 1. The van der Waals surface area contributed by atoms with Gasteiger partial charge in [0, 0.05) is 32.3 Å². The Balaban J connectivity index is 1.27. The molecule has 0 atom stereocenters. The highest BCUT2D eigenvalue weighted by molar-refractivity contribution is 7.18. The Bertz CT molecular complexity index is 1790. The van der Waals surface area contributed by atoms with Gasteiger partial charge in [0.1, 0.15) is 5.75 Å². The molecule has 0 spiro atoms. The molecule has 0 aliphatic carbocycles. The molecule has 8 nitrogen and oxygen atoms in total. The first kappa shape index (κ1) is 28.3. The van der Waals surface area contributed by atoms with E-state index < -0.39 is 11.8 Å². The number of halogens is 3. The van der Waals surface area contributed by atoms with E-state index in [1.54, 1.807) is 48.5 Å². The lowest BCUT2D eigenvalue weighted by Crippen LogP contribution is -2.16. The van der Waals surface area contributed by atoms with Gasteiger partial charge in [-0.15, -0.1) is 10.2 Å². The number of phenolic OH excluding ortho intramolecular Hbond substituents is 1. The summed E-state index contributed by atoms with van der Waals surface area (Å²) in [7, 11) is 0. The van der Waals surface area contributed by atoms with Crippen molar-refractivity contribution in [2.45, 2.75) is 0 Å². The highest BCUT2D eigenvalue weighted by atomic mass is 35.5. The number of hydrogen-bond acceptors (Lipinski definition) is 7. The largest absolute Gasteiger partial charge is 0.506 e. The Morgan fingerprint density at radius 2 is 1.32 bits per heavy atom. The van der Waals surface area contributed by atoms with E-state index in [1.165, 1.54) is 36.4 Å². The predicted molar refractivity (Wildman–Crippen MR) is 161 cm³/mol. The average molecular weight is 624 g/mol. The Morgan fingerprint density at radius 1 is 0.707 bits per heavy atom. The lowest BCUT2D eigenvalue weighted by atomic mass is 10.0. The van der Waals surface area contributed by atoms with Gasteiger partial charge in [-0.25, -0.2) is 0 Å². The van der Waals surface area contributed by atoms with Gasteiger partial charge in [0.05, 0.1) is 16.3 Å². The molecule has 41 heavy (non-hydrogen) atoms. The predicted octanol–water partition coefficient (Wildman–Crippen LogP) is 7.61. The third-order valence-electron chi connectivity index (χ3n) is 5.84.